The maximum absolute atomic E-state index is 11.4. The molecule has 3 heterocycles. The molecule has 1 amide bonds. The molecule has 0 spiro atoms. The second kappa shape index (κ2) is 4.52. The number of aromatic nitrogens is 4. The van der Waals surface area contributed by atoms with Crippen LogP contribution in [0.15, 0.2) is 49.1 Å². The van der Waals surface area contributed by atoms with Gasteiger partial charge >= 0.3 is 0 Å². The molecule has 4 rings (SSSR count). The summed E-state index contributed by atoms with van der Waals surface area (Å²) in [5.74, 6) is 0.567. The summed E-state index contributed by atoms with van der Waals surface area (Å²) in [6, 6.07) is 7.67. The predicted octanol–water partition coefficient (Wildman–Crippen LogP) is 1.82. The fourth-order valence-corrected chi connectivity index (χ4v) is 2.40. The highest BCUT2D eigenvalue weighted by Gasteiger charge is 2.18. The van der Waals surface area contributed by atoms with E-state index in [0.717, 1.165) is 22.4 Å². The summed E-state index contributed by atoms with van der Waals surface area (Å²) in [4.78, 5) is 19.7. The van der Waals surface area contributed by atoms with E-state index in [4.69, 9.17) is 0 Å². The summed E-state index contributed by atoms with van der Waals surface area (Å²) in [6.07, 6.45) is 7.43. The number of hydrogen-bond donors (Lipinski definition) is 1. The monoisotopic (exact) mass is 277 g/mol. The van der Waals surface area contributed by atoms with Crippen LogP contribution in [0.25, 0.3) is 17.1 Å². The zero-order chi connectivity index (χ0) is 14.2. The number of nitrogens with one attached hydrogen (secondary N) is 1. The van der Waals surface area contributed by atoms with Gasteiger partial charge in [0.15, 0.2) is 0 Å². The van der Waals surface area contributed by atoms with E-state index < -0.39 is 0 Å². The molecular formula is C15H11N5O. The van der Waals surface area contributed by atoms with Gasteiger partial charge in [0.1, 0.15) is 0 Å². The van der Waals surface area contributed by atoms with E-state index in [1.165, 1.54) is 0 Å². The fraction of sp³-hybridized carbons (Fsp3) is 0.0667. The number of amides is 1. The molecule has 6 nitrogen and oxygen atoms in total. The molecule has 0 atom stereocenters. The quantitative estimate of drug-likeness (QED) is 0.775. The van der Waals surface area contributed by atoms with Crippen LogP contribution in [0.5, 0.6) is 0 Å². The van der Waals surface area contributed by atoms with Gasteiger partial charge in [-0.25, -0.2) is 14.6 Å². The Balaban J connectivity index is 1.71. The van der Waals surface area contributed by atoms with E-state index >= 15 is 0 Å². The first-order valence-corrected chi connectivity index (χ1v) is 6.55. The van der Waals surface area contributed by atoms with Crippen molar-refractivity contribution in [3.63, 3.8) is 0 Å². The average molecular weight is 277 g/mol. The van der Waals surface area contributed by atoms with Crippen molar-refractivity contribution in [1.82, 2.24) is 19.7 Å². The lowest BCUT2D eigenvalue weighted by atomic mass is 10.0. The van der Waals surface area contributed by atoms with Crippen LogP contribution in [0.2, 0.25) is 0 Å². The Morgan fingerprint density at radius 3 is 2.86 bits per heavy atom. The van der Waals surface area contributed by atoms with Gasteiger partial charge in [-0.15, -0.1) is 0 Å². The molecule has 21 heavy (non-hydrogen) atoms. The number of hydrogen-bond acceptors (Lipinski definition) is 4. The highest BCUT2D eigenvalue weighted by atomic mass is 16.1. The third kappa shape index (κ3) is 2.06. The molecule has 0 saturated carbocycles. The van der Waals surface area contributed by atoms with Crippen molar-refractivity contribution in [2.24, 2.45) is 0 Å². The third-order valence-electron chi connectivity index (χ3n) is 3.40. The van der Waals surface area contributed by atoms with Gasteiger partial charge in [0.25, 0.3) is 0 Å². The van der Waals surface area contributed by atoms with Crippen molar-refractivity contribution in [2.45, 2.75) is 6.42 Å². The summed E-state index contributed by atoms with van der Waals surface area (Å²) in [6.45, 7) is 0. The van der Waals surface area contributed by atoms with Crippen molar-refractivity contribution in [3.05, 3.63) is 54.6 Å². The average Bonchev–Trinajstić information content (AvgIpc) is 3.12. The molecule has 0 bridgehead atoms. The smallest absolute Gasteiger partial charge is 0.250 e. The molecule has 0 aliphatic carbocycles. The van der Waals surface area contributed by atoms with E-state index in [0.29, 0.717) is 12.4 Å². The van der Waals surface area contributed by atoms with Gasteiger partial charge in [-0.2, -0.15) is 5.10 Å². The van der Waals surface area contributed by atoms with Crippen molar-refractivity contribution >= 4 is 11.6 Å². The summed E-state index contributed by atoms with van der Waals surface area (Å²) >= 11 is 0. The van der Waals surface area contributed by atoms with E-state index in [1.54, 1.807) is 29.3 Å². The molecule has 1 N–H and O–H groups in total. The maximum atomic E-state index is 11.4. The van der Waals surface area contributed by atoms with Gasteiger partial charge in [-0.1, -0.05) is 6.07 Å². The largest absolute Gasteiger partial charge is 0.326 e. The molecule has 0 fully saturated rings. The van der Waals surface area contributed by atoms with Gasteiger partial charge in [0.2, 0.25) is 11.9 Å². The standard InChI is InChI=1S/C15H11N5O/c21-14-7-11-6-10(2-3-13(11)19-14)12-8-18-20(9-12)15-16-4-1-5-17-15/h1-6,8-9H,7H2,(H,19,21). The van der Waals surface area contributed by atoms with Crippen LogP contribution in [0.1, 0.15) is 5.56 Å². The van der Waals surface area contributed by atoms with Crippen molar-refractivity contribution < 1.29 is 4.79 Å². The minimum absolute atomic E-state index is 0.0375. The molecule has 1 aliphatic heterocycles. The molecule has 6 heteroatoms. The Labute approximate surface area is 120 Å². The van der Waals surface area contributed by atoms with Gasteiger partial charge < -0.3 is 5.32 Å². The Morgan fingerprint density at radius 1 is 1.14 bits per heavy atom. The number of nitrogens with zero attached hydrogens (tertiary/aromatic N) is 4. The molecule has 0 radical (unpaired) electrons. The van der Waals surface area contributed by atoms with Crippen LogP contribution in [0.4, 0.5) is 5.69 Å². The summed E-state index contributed by atoms with van der Waals surface area (Å²) < 4.78 is 1.63. The number of rotatable bonds is 2. The first kappa shape index (κ1) is 11.8. The summed E-state index contributed by atoms with van der Waals surface area (Å²) in [5.41, 5.74) is 3.89. The first-order valence-electron chi connectivity index (χ1n) is 6.55. The molecule has 0 unspecified atom stereocenters. The predicted molar refractivity (Wildman–Crippen MR) is 76.9 cm³/mol. The lowest BCUT2D eigenvalue weighted by Crippen LogP contribution is -2.03. The minimum Gasteiger partial charge on any atom is -0.326 e. The molecule has 3 aromatic rings. The number of fused-ring (bicyclic) bond motifs is 1. The Morgan fingerprint density at radius 2 is 2.00 bits per heavy atom. The number of carbonyl (C=O) groups is 1. The van der Waals surface area contributed by atoms with Crippen LogP contribution in [-0.2, 0) is 11.2 Å². The van der Waals surface area contributed by atoms with E-state index in [-0.39, 0.29) is 5.91 Å². The number of carbonyl (C=O) groups excluding carboxylic acids is 1. The molecule has 2 aromatic heterocycles. The van der Waals surface area contributed by atoms with Crippen LogP contribution in [0.3, 0.4) is 0 Å². The highest BCUT2D eigenvalue weighted by Crippen LogP contribution is 2.28. The van der Waals surface area contributed by atoms with Crippen LogP contribution < -0.4 is 5.32 Å². The summed E-state index contributed by atoms with van der Waals surface area (Å²) in [5, 5.41) is 7.11. The van der Waals surface area contributed by atoms with E-state index in [9.17, 15) is 4.79 Å². The lowest BCUT2D eigenvalue weighted by molar-refractivity contribution is -0.115. The zero-order valence-corrected chi connectivity index (χ0v) is 11.0. The normalized spacial score (nSPS) is 13.0. The fourth-order valence-electron chi connectivity index (χ4n) is 2.40. The van der Waals surface area contributed by atoms with Gasteiger partial charge in [0, 0.05) is 29.8 Å². The van der Waals surface area contributed by atoms with Crippen molar-refractivity contribution in [3.8, 4) is 17.1 Å². The van der Waals surface area contributed by atoms with E-state index in [1.807, 2.05) is 24.4 Å². The van der Waals surface area contributed by atoms with Crippen molar-refractivity contribution in [2.75, 3.05) is 5.32 Å². The Hall–Kier alpha value is -3.02. The third-order valence-corrected chi connectivity index (χ3v) is 3.40. The zero-order valence-electron chi connectivity index (χ0n) is 11.0. The molecule has 1 aliphatic rings. The molecular weight excluding hydrogens is 266 g/mol. The van der Waals surface area contributed by atoms with Crippen LogP contribution in [0, 0.1) is 0 Å². The molecule has 1 aromatic carbocycles. The second-order valence-electron chi connectivity index (χ2n) is 4.82. The SMILES string of the molecule is O=C1Cc2cc(-c3cnn(-c4ncccn4)c3)ccc2N1. The summed E-state index contributed by atoms with van der Waals surface area (Å²) in [7, 11) is 0. The molecule has 0 saturated heterocycles. The molecule has 102 valence electrons. The minimum atomic E-state index is 0.0375. The Kier molecular flexibility index (Phi) is 2.53. The topological polar surface area (TPSA) is 72.7 Å². The highest BCUT2D eigenvalue weighted by molar-refractivity contribution is 5.99. The maximum Gasteiger partial charge on any atom is 0.250 e. The van der Waals surface area contributed by atoms with E-state index in [2.05, 4.69) is 20.4 Å². The van der Waals surface area contributed by atoms with Gasteiger partial charge in [0.05, 0.1) is 12.6 Å². The van der Waals surface area contributed by atoms with Crippen LogP contribution >= 0.6 is 0 Å². The second-order valence-corrected chi connectivity index (χ2v) is 4.82. The van der Waals surface area contributed by atoms with Gasteiger partial charge in [-0.05, 0) is 29.3 Å². The first-order chi connectivity index (χ1) is 10.3. The van der Waals surface area contributed by atoms with Crippen LogP contribution in [-0.4, -0.2) is 25.7 Å². The van der Waals surface area contributed by atoms with Crippen molar-refractivity contribution in [1.29, 1.82) is 0 Å². The van der Waals surface area contributed by atoms with Gasteiger partial charge in [-0.3, -0.25) is 4.79 Å². The lowest BCUT2D eigenvalue weighted by Gasteiger charge is -2.01. The number of benzene rings is 1. The Bertz CT molecular complexity index is 825. The number of anilines is 1.